The van der Waals surface area contributed by atoms with Crippen LogP contribution in [0.1, 0.15) is 18.4 Å². The number of benzene rings is 1. The van der Waals surface area contributed by atoms with Gasteiger partial charge in [0.05, 0.1) is 12.2 Å². The van der Waals surface area contributed by atoms with Gasteiger partial charge in [0.15, 0.2) is 0 Å². The van der Waals surface area contributed by atoms with Crippen molar-refractivity contribution in [3.63, 3.8) is 0 Å². The molecule has 1 N–H and O–H groups in total. The monoisotopic (exact) mass is 192 g/mol. The van der Waals surface area contributed by atoms with Crippen LogP contribution in [0.5, 0.6) is 0 Å². The first-order chi connectivity index (χ1) is 6.85. The first kappa shape index (κ1) is 9.69. The second kappa shape index (κ2) is 4.11. The van der Waals surface area contributed by atoms with Gasteiger partial charge in [0.1, 0.15) is 0 Å². The Morgan fingerprint density at radius 2 is 1.93 bits per heavy atom. The molecule has 1 aromatic carbocycles. The summed E-state index contributed by atoms with van der Waals surface area (Å²) in [6.07, 6.45) is 2.85. The highest BCUT2D eigenvalue weighted by molar-refractivity contribution is 5.15. The maximum absolute atomic E-state index is 8.86. The molecule has 0 bridgehead atoms. The summed E-state index contributed by atoms with van der Waals surface area (Å²) in [6.45, 7) is 1.05. The molecule has 1 aromatic rings. The molecule has 0 aromatic heterocycles. The van der Waals surface area contributed by atoms with E-state index in [0.717, 1.165) is 25.9 Å². The second-order valence-electron chi connectivity index (χ2n) is 3.93. The summed E-state index contributed by atoms with van der Waals surface area (Å²) < 4.78 is 5.40. The molecular weight excluding hydrogens is 176 g/mol. The number of hydrogen-bond acceptors (Lipinski definition) is 2. The van der Waals surface area contributed by atoms with Gasteiger partial charge < -0.3 is 9.84 Å². The summed E-state index contributed by atoms with van der Waals surface area (Å²) in [5, 5.41) is 8.86. The van der Waals surface area contributed by atoms with E-state index in [4.69, 9.17) is 9.84 Å². The maximum Gasteiger partial charge on any atom is 0.0941 e. The number of aryl methyl sites for hydroxylation is 1. The van der Waals surface area contributed by atoms with E-state index < -0.39 is 0 Å². The summed E-state index contributed by atoms with van der Waals surface area (Å²) in [5.74, 6) is 0. The molecule has 0 amide bonds. The van der Waals surface area contributed by atoms with Crippen molar-refractivity contribution in [2.24, 2.45) is 0 Å². The van der Waals surface area contributed by atoms with Gasteiger partial charge in [-0.2, -0.15) is 0 Å². The number of aliphatic hydroxyl groups excluding tert-OH is 1. The molecule has 0 spiro atoms. The van der Waals surface area contributed by atoms with Crippen LogP contribution < -0.4 is 0 Å². The van der Waals surface area contributed by atoms with Crippen LogP contribution >= 0.6 is 0 Å². The molecule has 0 saturated carbocycles. The van der Waals surface area contributed by atoms with Gasteiger partial charge >= 0.3 is 0 Å². The van der Waals surface area contributed by atoms with Crippen LogP contribution in [0, 0.1) is 0 Å². The fourth-order valence-corrected chi connectivity index (χ4v) is 1.74. The molecule has 0 aliphatic carbocycles. The zero-order valence-electron chi connectivity index (χ0n) is 8.28. The van der Waals surface area contributed by atoms with Crippen LogP contribution in [0.4, 0.5) is 0 Å². The van der Waals surface area contributed by atoms with Crippen molar-refractivity contribution < 1.29 is 9.84 Å². The average Bonchev–Trinajstić information content (AvgIpc) is 2.98. The van der Waals surface area contributed by atoms with E-state index >= 15 is 0 Å². The molecule has 1 fully saturated rings. The Bertz CT molecular complexity index is 278. The molecule has 1 aliphatic heterocycles. The SMILES string of the molecule is OCC[C@@]1(CCc2ccccc2)CO1. The van der Waals surface area contributed by atoms with Gasteiger partial charge in [0.2, 0.25) is 0 Å². The lowest BCUT2D eigenvalue weighted by molar-refractivity contribution is 0.206. The van der Waals surface area contributed by atoms with E-state index in [9.17, 15) is 0 Å². The molecule has 0 radical (unpaired) electrons. The Morgan fingerprint density at radius 1 is 1.21 bits per heavy atom. The van der Waals surface area contributed by atoms with Gasteiger partial charge in [0.25, 0.3) is 0 Å². The Kier molecular flexibility index (Phi) is 2.85. The first-order valence-corrected chi connectivity index (χ1v) is 5.13. The van der Waals surface area contributed by atoms with Crippen molar-refractivity contribution in [1.29, 1.82) is 0 Å². The van der Waals surface area contributed by atoms with Gasteiger partial charge in [-0.25, -0.2) is 0 Å². The highest BCUT2D eigenvalue weighted by atomic mass is 16.6. The smallest absolute Gasteiger partial charge is 0.0941 e. The summed E-state index contributed by atoms with van der Waals surface area (Å²) in [7, 11) is 0. The molecule has 14 heavy (non-hydrogen) atoms. The van der Waals surface area contributed by atoms with Crippen molar-refractivity contribution in [3.8, 4) is 0 Å². The van der Waals surface area contributed by atoms with E-state index in [1.165, 1.54) is 5.56 Å². The average molecular weight is 192 g/mol. The lowest BCUT2D eigenvalue weighted by Crippen LogP contribution is -2.14. The number of rotatable bonds is 5. The van der Waals surface area contributed by atoms with E-state index in [0.29, 0.717) is 0 Å². The van der Waals surface area contributed by atoms with E-state index in [2.05, 4.69) is 24.3 Å². The van der Waals surface area contributed by atoms with Gasteiger partial charge in [-0.15, -0.1) is 0 Å². The van der Waals surface area contributed by atoms with Gasteiger partial charge in [0, 0.05) is 13.0 Å². The number of aliphatic hydroxyl groups is 1. The lowest BCUT2D eigenvalue weighted by Gasteiger charge is -2.09. The first-order valence-electron chi connectivity index (χ1n) is 5.13. The zero-order chi connectivity index (χ0) is 9.86. The predicted molar refractivity (Wildman–Crippen MR) is 55.1 cm³/mol. The molecular formula is C12H16O2. The molecule has 1 saturated heterocycles. The third-order valence-electron chi connectivity index (χ3n) is 2.83. The lowest BCUT2D eigenvalue weighted by atomic mass is 9.97. The van der Waals surface area contributed by atoms with Crippen molar-refractivity contribution in [2.75, 3.05) is 13.2 Å². The third kappa shape index (κ3) is 2.34. The van der Waals surface area contributed by atoms with E-state index in [-0.39, 0.29) is 12.2 Å². The summed E-state index contributed by atoms with van der Waals surface area (Å²) >= 11 is 0. The van der Waals surface area contributed by atoms with Crippen LogP contribution in [-0.2, 0) is 11.2 Å². The number of epoxide rings is 1. The van der Waals surface area contributed by atoms with Crippen molar-refractivity contribution >= 4 is 0 Å². The molecule has 1 aliphatic rings. The van der Waals surface area contributed by atoms with Crippen molar-refractivity contribution in [1.82, 2.24) is 0 Å². The highest BCUT2D eigenvalue weighted by Crippen LogP contribution is 2.35. The molecule has 2 heteroatoms. The number of ether oxygens (including phenoxy) is 1. The predicted octanol–water partition coefficient (Wildman–Crippen LogP) is 1.77. The Balaban J connectivity index is 1.83. The third-order valence-corrected chi connectivity index (χ3v) is 2.83. The van der Waals surface area contributed by atoms with E-state index in [1.54, 1.807) is 0 Å². The Morgan fingerprint density at radius 3 is 2.50 bits per heavy atom. The van der Waals surface area contributed by atoms with Gasteiger partial charge in [-0.1, -0.05) is 30.3 Å². The quantitative estimate of drug-likeness (QED) is 0.721. The maximum atomic E-state index is 8.86. The van der Waals surface area contributed by atoms with Crippen molar-refractivity contribution in [3.05, 3.63) is 35.9 Å². The highest BCUT2D eigenvalue weighted by Gasteiger charge is 2.43. The largest absolute Gasteiger partial charge is 0.396 e. The van der Waals surface area contributed by atoms with E-state index in [1.807, 2.05) is 6.07 Å². The van der Waals surface area contributed by atoms with Gasteiger partial charge in [-0.3, -0.25) is 0 Å². The number of hydrogen-bond donors (Lipinski definition) is 1. The summed E-state index contributed by atoms with van der Waals surface area (Å²) in [6, 6.07) is 10.4. The minimum absolute atomic E-state index is 0.00455. The molecule has 2 rings (SSSR count). The fraction of sp³-hybridized carbons (Fsp3) is 0.500. The molecule has 2 nitrogen and oxygen atoms in total. The Labute approximate surface area is 84.5 Å². The van der Waals surface area contributed by atoms with Crippen LogP contribution in [0.2, 0.25) is 0 Å². The van der Waals surface area contributed by atoms with Crippen LogP contribution in [0.25, 0.3) is 0 Å². The minimum Gasteiger partial charge on any atom is -0.396 e. The van der Waals surface area contributed by atoms with Gasteiger partial charge in [-0.05, 0) is 18.4 Å². The minimum atomic E-state index is 0.00455. The topological polar surface area (TPSA) is 32.8 Å². The van der Waals surface area contributed by atoms with Crippen LogP contribution in [-0.4, -0.2) is 23.9 Å². The fourth-order valence-electron chi connectivity index (χ4n) is 1.74. The normalized spacial score (nSPS) is 24.9. The van der Waals surface area contributed by atoms with Crippen LogP contribution in [0.15, 0.2) is 30.3 Å². The zero-order valence-corrected chi connectivity index (χ0v) is 8.28. The van der Waals surface area contributed by atoms with Crippen molar-refractivity contribution in [2.45, 2.75) is 24.9 Å². The Hall–Kier alpha value is -0.860. The molecule has 0 unspecified atom stereocenters. The molecule has 1 atom stereocenters. The second-order valence-corrected chi connectivity index (χ2v) is 3.93. The van der Waals surface area contributed by atoms with Crippen LogP contribution in [0.3, 0.4) is 0 Å². The standard InChI is InChI=1S/C12H16O2/c13-9-8-12(10-14-12)7-6-11-4-2-1-3-5-11/h1-5,13H,6-10H2/t12-/m0/s1. The molecule has 76 valence electrons. The molecule has 1 heterocycles. The summed E-state index contributed by atoms with van der Waals surface area (Å²) in [4.78, 5) is 0. The summed E-state index contributed by atoms with van der Waals surface area (Å²) in [5.41, 5.74) is 1.35.